The Balaban J connectivity index is 2.19. The molecule has 1 aromatic heterocycles. The van der Waals surface area contributed by atoms with E-state index in [4.69, 9.17) is 11.6 Å². The van der Waals surface area contributed by atoms with Crippen LogP contribution in [0.4, 0.5) is 0 Å². The van der Waals surface area contributed by atoms with E-state index in [1.54, 1.807) is 11.3 Å². The number of thiazole rings is 1. The molecule has 2 nitrogen and oxygen atoms in total. The predicted molar refractivity (Wildman–Crippen MR) is 75.5 cm³/mol. The van der Waals surface area contributed by atoms with Crippen molar-refractivity contribution in [3.8, 4) is 0 Å². The molecule has 4 heteroatoms. The summed E-state index contributed by atoms with van der Waals surface area (Å²) < 4.78 is 0. The van der Waals surface area contributed by atoms with Crippen molar-refractivity contribution in [1.29, 1.82) is 0 Å². The highest BCUT2D eigenvalue weighted by Crippen LogP contribution is 2.26. The summed E-state index contributed by atoms with van der Waals surface area (Å²) in [6, 6.07) is 7.59. The minimum atomic E-state index is -0.163. The van der Waals surface area contributed by atoms with E-state index in [1.807, 2.05) is 38.1 Å². The molecule has 0 saturated heterocycles. The summed E-state index contributed by atoms with van der Waals surface area (Å²) in [6.07, 6.45) is 1.65. The largest absolute Gasteiger partial charge is 0.303 e. The topological polar surface area (TPSA) is 30.0 Å². The fourth-order valence-electron chi connectivity index (χ4n) is 1.72. The van der Waals surface area contributed by atoms with Gasteiger partial charge in [0, 0.05) is 9.90 Å². The van der Waals surface area contributed by atoms with Crippen LogP contribution in [0.2, 0.25) is 5.02 Å². The predicted octanol–water partition coefficient (Wildman–Crippen LogP) is 3.94. The molecular weight excluding hydrogens is 266 g/mol. The van der Waals surface area contributed by atoms with Gasteiger partial charge in [0.05, 0.1) is 11.6 Å². The van der Waals surface area contributed by atoms with Gasteiger partial charge in [-0.1, -0.05) is 23.7 Å². The molecule has 2 aromatic rings. The summed E-state index contributed by atoms with van der Waals surface area (Å²) in [7, 11) is 0. The third-order valence-electron chi connectivity index (χ3n) is 2.90. The number of hydrogen-bond acceptors (Lipinski definition) is 3. The first-order valence-electron chi connectivity index (χ1n) is 5.74. The van der Waals surface area contributed by atoms with Gasteiger partial charge in [0.1, 0.15) is 11.3 Å². The van der Waals surface area contributed by atoms with E-state index in [1.165, 1.54) is 4.88 Å². The van der Waals surface area contributed by atoms with Gasteiger partial charge in [-0.3, -0.25) is 0 Å². The van der Waals surface area contributed by atoms with E-state index in [2.05, 4.69) is 4.98 Å². The van der Waals surface area contributed by atoms with Crippen molar-refractivity contribution in [2.45, 2.75) is 26.2 Å². The molecule has 1 unspecified atom stereocenters. The van der Waals surface area contributed by atoms with Crippen LogP contribution in [-0.4, -0.2) is 11.3 Å². The van der Waals surface area contributed by atoms with Gasteiger partial charge in [-0.15, -0.1) is 11.3 Å². The first-order chi connectivity index (χ1) is 8.60. The fraction of sp³-hybridized carbons (Fsp3) is 0.286. The molecule has 0 amide bonds. The molecule has 2 rings (SSSR count). The Morgan fingerprint density at radius 2 is 2.00 bits per heavy atom. The first kappa shape index (κ1) is 13.2. The average Bonchev–Trinajstić information content (AvgIpc) is 2.69. The quantitative estimate of drug-likeness (QED) is 0.794. The first-order valence-corrected chi connectivity index (χ1v) is 6.93. The Morgan fingerprint density at radius 3 is 2.50 bits per heavy atom. The van der Waals surface area contributed by atoms with Crippen LogP contribution in [0.1, 0.15) is 27.1 Å². The van der Waals surface area contributed by atoms with Crippen molar-refractivity contribution in [2.75, 3.05) is 0 Å². The van der Waals surface area contributed by atoms with Gasteiger partial charge in [0.25, 0.3) is 0 Å². The van der Waals surface area contributed by atoms with E-state index in [0.29, 0.717) is 11.4 Å². The van der Waals surface area contributed by atoms with E-state index in [0.717, 1.165) is 22.6 Å². The number of hydrogen-bond donors (Lipinski definition) is 0. The number of aryl methyl sites for hydroxylation is 2. The fourth-order valence-corrected chi connectivity index (χ4v) is 2.83. The smallest absolute Gasteiger partial charge is 0.130 e. The SMILES string of the molecule is Cc1nc(C(C=O)Cc2ccc(Cl)cc2)sc1C. The van der Waals surface area contributed by atoms with Crippen LogP contribution in [0.5, 0.6) is 0 Å². The van der Waals surface area contributed by atoms with E-state index >= 15 is 0 Å². The highest BCUT2D eigenvalue weighted by Gasteiger charge is 2.16. The van der Waals surface area contributed by atoms with Crippen LogP contribution in [0.3, 0.4) is 0 Å². The van der Waals surface area contributed by atoms with Gasteiger partial charge in [-0.25, -0.2) is 4.98 Å². The second-order valence-electron chi connectivity index (χ2n) is 4.27. The van der Waals surface area contributed by atoms with Crippen molar-refractivity contribution in [2.24, 2.45) is 0 Å². The highest BCUT2D eigenvalue weighted by molar-refractivity contribution is 7.11. The monoisotopic (exact) mass is 279 g/mol. The molecule has 1 atom stereocenters. The Morgan fingerprint density at radius 1 is 1.33 bits per heavy atom. The number of aromatic nitrogens is 1. The highest BCUT2D eigenvalue weighted by atomic mass is 35.5. The third-order valence-corrected chi connectivity index (χ3v) is 4.35. The standard InChI is InChI=1S/C14H14ClNOS/c1-9-10(2)18-14(16-9)12(8-17)7-11-3-5-13(15)6-4-11/h3-6,8,12H,7H2,1-2H3. The number of carbonyl (C=O) groups excluding carboxylic acids is 1. The summed E-state index contributed by atoms with van der Waals surface area (Å²) in [5.74, 6) is -0.163. The maximum Gasteiger partial charge on any atom is 0.130 e. The molecule has 0 fully saturated rings. The molecule has 0 aliphatic carbocycles. The second-order valence-corrected chi connectivity index (χ2v) is 5.94. The van der Waals surface area contributed by atoms with Crippen LogP contribution in [-0.2, 0) is 11.2 Å². The summed E-state index contributed by atoms with van der Waals surface area (Å²) in [4.78, 5) is 16.9. The lowest BCUT2D eigenvalue weighted by molar-refractivity contribution is -0.109. The second kappa shape index (κ2) is 5.63. The van der Waals surface area contributed by atoms with Gasteiger partial charge in [-0.2, -0.15) is 0 Å². The zero-order valence-electron chi connectivity index (χ0n) is 10.3. The van der Waals surface area contributed by atoms with Crippen LogP contribution in [0.25, 0.3) is 0 Å². The van der Waals surface area contributed by atoms with Gasteiger partial charge < -0.3 is 4.79 Å². The number of aldehydes is 1. The molecule has 1 heterocycles. The molecule has 94 valence electrons. The molecule has 0 saturated carbocycles. The normalized spacial score (nSPS) is 12.4. The average molecular weight is 280 g/mol. The van der Waals surface area contributed by atoms with Gasteiger partial charge in [-0.05, 0) is 38.0 Å². The minimum absolute atomic E-state index is 0.163. The van der Waals surface area contributed by atoms with E-state index in [9.17, 15) is 4.79 Å². The maximum atomic E-state index is 11.2. The summed E-state index contributed by atoms with van der Waals surface area (Å²) in [6.45, 7) is 4.00. The van der Waals surface area contributed by atoms with E-state index < -0.39 is 0 Å². The molecule has 0 spiro atoms. The Hall–Kier alpha value is -1.19. The van der Waals surface area contributed by atoms with Crippen molar-refractivity contribution in [3.05, 3.63) is 50.4 Å². The Labute approximate surface area is 116 Å². The Kier molecular flexibility index (Phi) is 4.15. The van der Waals surface area contributed by atoms with Crippen LogP contribution in [0.15, 0.2) is 24.3 Å². The molecular formula is C14H14ClNOS. The maximum absolute atomic E-state index is 11.2. The minimum Gasteiger partial charge on any atom is -0.303 e. The molecule has 0 bridgehead atoms. The van der Waals surface area contributed by atoms with Crippen molar-refractivity contribution >= 4 is 29.2 Å². The van der Waals surface area contributed by atoms with Crippen molar-refractivity contribution < 1.29 is 4.79 Å². The lowest BCUT2D eigenvalue weighted by Gasteiger charge is -2.07. The summed E-state index contributed by atoms with van der Waals surface area (Å²) in [5, 5.41) is 1.61. The zero-order chi connectivity index (χ0) is 13.1. The number of benzene rings is 1. The molecule has 0 radical (unpaired) electrons. The van der Waals surface area contributed by atoms with Gasteiger partial charge in [0.2, 0.25) is 0 Å². The lowest BCUT2D eigenvalue weighted by atomic mass is 10.0. The Bertz CT molecular complexity index is 528. The zero-order valence-corrected chi connectivity index (χ0v) is 11.9. The van der Waals surface area contributed by atoms with E-state index in [-0.39, 0.29) is 5.92 Å². The third kappa shape index (κ3) is 2.98. The molecule has 1 aromatic carbocycles. The number of halogens is 1. The molecule has 0 aliphatic rings. The number of carbonyl (C=O) groups is 1. The van der Waals surface area contributed by atoms with Crippen molar-refractivity contribution in [3.63, 3.8) is 0 Å². The number of rotatable bonds is 4. The molecule has 0 aliphatic heterocycles. The van der Waals surface area contributed by atoms with Gasteiger partial charge >= 0.3 is 0 Å². The summed E-state index contributed by atoms with van der Waals surface area (Å²) in [5.41, 5.74) is 2.11. The van der Waals surface area contributed by atoms with Crippen molar-refractivity contribution in [1.82, 2.24) is 4.98 Å². The number of nitrogens with zero attached hydrogens (tertiary/aromatic N) is 1. The van der Waals surface area contributed by atoms with Crippen LogP contribution >= 0.6 is 22.9 Å². The lowest BCUT2D eigenvalue weighted by Crippen LogP contribution is -2.04. The van der Waals surface area contributed by atoms with Gasteiger partial charge in [0.15, 0.2) is 0 Å². The molecule has 18 heavy (non-hydrogen) atoms. The molecule has 0 N–H and O–H groups in total. The van der Waals surface area contributed by atoms with Crippen LogP contribution < -0.4 is 0 Å². The summed E-state index contributed by atoms with van der Waals surface area (Å²) >= 11 is 7.44. The van der Waals surface area contributed by atoms with Crippen LogP contribution in [0, 0.1) is 13.8 Å².